The maximum atomic E-state index is 12.8. The summed E-state index contributed by atoms with van der Waals surface area (Å²) in [5.41, 5.74) is 4.47. The van der Waals surface area contributed by atoms with E-state index in [4.69, 9.17) is 15.2 Å². The summed E-state index contributed by atoms with van der Waals surface area (Å²) in [6, 6.07) is 0. The molecule has 3 N–H and O–H groups in total. The van der Waals surface area contributed by atoms with Gasteiger partial charge in [0.25, 0.3) is 0 Å². The lowest BCUT2D eigenvalue weighted by molar-refractivity contribution is -0.153. The number of rotatable bonds is 14. The molecule has 0 saturated heterocycles. The fourth-order valence-corrected chi connectivity index (χ4v) is 2.33. The van der Waals surface area contributed by atoms with E-state index in [0.29, 0.717) is 0 Å². The number of aliphatic hydroxyl groups excluding tert-OH is 1. The quantitative estimate of drug-likeness (QED) is 0.0860. The first-order valence-corrected chi connectivity index (χ1v) is 9.35. The van der Waals surface area contributed by atoms with Crippen molar-refractivity contribution in [2.45, 2.75) is 24.7 Å². The third-order valence-corrected chi connectivity index (χ3v) is 4.38. The van der Waals surface area contributed by atoms with E-state index in [0.717, 1.165) is 11.8 Å². The Morgan fingerprint density at radius 2 is 2.11 bits per heavy atom. The number of aliphatic imine (C=N–C) groups is 1. The van der Waals surface area contributed by atoms with Crippen LogP contribution in [0, 0.1) is 0 Å². The molecule has 3 atom stereocenters. The number of amides is 1. The van der Waals surface area contributed by atoms with Crippen molar-refractivity contribution >= 4 is 48.4 Å². The SMILES string of the molecule is CC(=O)CSCC(=O)OCC(OC(S)N(C)/C=C\C(N)=N/C=O)C(O)CF. The van der Waals surface area contributed by atoms with Crippen molar-refractivity contribution in [3.63, 3.8) is 0 Å². The fourth-order valence-electron chi connectivity index (χ4n) is 1.46. The maximum absolute atomic E-state index is 12.8. The summed E-state index contributed by atoms with van der Waals surface area (Å²) in [5.74, 6) is -0.624. The molecule has 0 fully saturated rings. The summed E-state index contributed by atoms with van der Waals surface area (Å²) < 4.78 is 23.2. The van der Waals surface area contributed by atoms with Crippen molar-refractivity contribution < 1.29 is 33.4 Å². The van der Waals surface area contributed by atoms with Gasteiger partial charge in [0.1, 0.15) is 37.1 Å². The van der Waals surface area contributed by atoms with E-state index in [2.05, 4.69) is 17.6 Å². The lowest BCUT2D eigenvalue weighted by atomic mass is 10.2. The van der Waals surface area contributed by atoms with E-state index in [9.17, 15) is 23.9 Å². The first kappa shape index (κ1) is 25.4. The zero-order chi connectivity index (χ0) is 20.8. The zero-order valence-electron chi connectivity index (χ0n) is 15.0. The number of carbonyl (C=O) groups is 3. The van der Waals surface area contributed by atoms with Crippen LogP contribution in [0.5, 0.6) is 0 Å². The molecule has 0 heterocycles. The van der Waals surface area contributed by atoms with Crippen molar-refractivity contribution in [3.8, 4) is 0 Å². The van der Waals surface area contributed by atoms with Crippen LogP contribution in [0.3, 0.4) is 0 Å². The van der Waals surface area contributed by atoms with Gasteiger partial charge in [-0.1, -0.05) is 0 Å². The highest BCUT2D eigenvalue weighted by molar-refractivity contribution is 8.00. The molecule has 0 radical (unpaired) electrons. The molecule has 0 aliphatic heterocycles. The van der Waals surface area contributed by atoms with Gasteiger partial charge >= 0.3 is 5.97 Å². The van der Waals surface area contributed by atoms with Crippen molar-refractivity contribution in [1.82, 2.24) is 4.90 Å². The van der Waals surface area contributed by atoms with Crippen LogP contribution in [-0.2, 0) is 23.9 Å². The van der Waals surface area contributed by atoms with E-state index in [1.54, 1.807) is 7.05 Å². The van der Waals surface area contributed by atoms with E-state index in [1.165, 1.54) is 24.1 Å². The van der Waals surface area contributed by atoms with Crippen molar-refractivity contribution in [3.05, 3.63) is 12.3 Å². The fraction of sp³-hybridized carbons (Fsp3) is 0.600. The summed E-state index contributed by atoms with van der Waals surface area (Å²) in [6.45, 7) is -0.107. The molecule has 154 valence electrons. The van der Waals surface area contributed by atoms with Gasteiger partial charge in [-0.15, -0.1) is 24.4 Å². The van der Waals surface area contributed by atoms with E-state index in [-0.39, 0.29) is 29.5 Å². The molecule has 0 aliphatic carbocycles. The first-order chi connectivity index (χ1) is 12.7. The third-order valence-electron chi connectivity index (χ3n) is 2.85. The number of hydrogen-bond acceptors (Lipinski definition) is 9. The van der Waals surface area contributed by atoms with Gasteiger partial charge in [-0.2, -0.15) is 4.99 Å². The molecule has 0 spiro atoms. The predicted octanol–water partition coefficient (Wildman–Crippen LogP) is -0.260. The number of nitrogens with zero attached hydrogens (tertiary/aromatic N) is 2. The number of hydrogen-bond donors (Lipinski definition) is 3. The van der Waals surface area contributed by atoms with E-state index >= 15 is 0 Å². The van der Waals surface area contributed by atoms with Gasteiger partial charge in [-0.05, 0) is 13.0 Å². The molecule has 0 rings (SSSR count). The van der Waals surface area contributed by atoms with Gasteiger partial charge in [-0.3, -0.25) is 14.4 Å². The van der Waals surface area contributed by atoms with Crippen molar-refractivity contribution in [1.29, 1.82) is 0 Å². The second kappa shape index (κ2) is 14.4. The van der Waals surface area contributed by atoms with Crippen LogP contribution in [0.1, 0.15) is 6.92 Å². The second-order valence-corrected chi connectivity index (χ2v) is 6.67. The topological polar surface area (TPSA) is 132 Å². The summed E-state index contributed by atoms with van der Waals surface area (Å²) in [5, 5.41) is 9.71. The van der Waals surface area contributed by atoms with Gasteiger partial charge in [-0.25, -0.2) is 4.39 Å². The highest BCUT2D eigenvalue weighted by Crippen LogP contribution is 2.12. The van der Waals surface area contributed by atoms with Crippen LogP contribution in [-0.4, -0.2) is 83.6 Å². The Bertz CT molecular complexity index is 550. The lowest BCUT2D eigenvalue weighted by Crippen LogP contribution is -2.41. The van der Waals surface area contributed by atoms with Crippen molar-refractivity contribution in [2.24, 2.45) is 10.7 Å². The Balaban J connectivity index is 4.63. The summed E-state index contributed by atoms with van der Waals surface area (Å²) in [6.07, 6.45) is 0.301. The number of ketones is 1. The molecular formula is C15H24FN3O6S2. The Kier molecular flexibility index (Phi) is 13.6. The van der Waals surface area contributed by atoms with Gasteiger partial charge in [0, 0.05) is 13.2 Å². The Morgan fingerprint density at radius 3 is 2.67 bits per heavy atom. The van der Waals surface area contributed by atoms with Gasteiger partial charge in [0.15, 0.2) is 5.56 Å². The second-order valence-electron chi connectivity index (χ2n) is 5.24. The molecule has 0 bridgehead atoms. The molecule has 3 unspecified atom stereocenters. The summed E-state index contributed by atoms with van der Waals surface area (Å²) in [7, 11) is 1.55. The largest absolute Gasteiger partial charge is 0.462 e. The number of halogens is 1. The van der Waals surface area contributed by atoms with Crippen LogP contribution in [0.2, 0.25) is 0 Å². The minimum Gasteiger partial charge on any atom is -0.462 e. The normalized spacial score (nSPS) is 15.2. The van der Waals surface area contributed by atoms with Crippen LogP contribution < -0.4 is 5.73 Å². The molecule has 27 heavy (non-hydrogen) atoms. The standard InChI is InChI=1S/C15H24FN3O6S2/c1-10(21)7-27-8-14(23)24-6-12(11(22)5-16)25-15(26)19(2)4-3-13(17)18-9-20/h3-4,9,11-12,15,22,26H,5-8H2,1-2H3,(H2,17,18,20)/b4-3-. The zero-order valence-corrected chi connectivity index (χ0v) is 16.7. The van der Waals surface area contributed by atoms with E-state index in [1.807, 2.05) is 0 Å². The number of carbonyl (C=O) groups excluding carboxylic acids is 3. The van der Waals surface area contributed by atoms with Crippen molar-refractivity contribution in [2.75, 3.05) is 31.8 Å². The Morgan fingerprint density at radius 1 is 1.44 bits per heavy atom. The third kappa shape index (κ3) is 12.4. The van der Waals surface area contributed by atoms with Gasteiger partial charge in [0.2, 0.25) is 6.41 Å². The highest BCUT2D eigenvalue weighted by Gasteiger charge is 2.25. The first-order valence-electron chi connectivity index (χ1n) is 7.68. The molecule has 9 nitrogen and oxygen atoms in total. The number of nitrogens with two attached hydrogens (primary N) is 1. The van der Waals surface area contributed by atoms with Gasteiger partial charge < -0.3 is 25.2 Å². The number of alkyl halides is 1. The Labute approximate surface area is 166 Å². The average molecular weight is 426 g/mol. The predicted molar refractivity (Wildman–Crippen MR) is 103 cm³/mol. The number of ether oxygens (including phenoxy) is 2. The van der Waals surface area contributed by atoms with Crippen LogP contribution in [0.4, 0.5) is 4.39 Å². The van der Waals surface area contributed by atoms with Crippen LogP contribution in [0.25, 0.3) is 0 Å². The number of thioether (sulfide) groups is 1. The van der Waals surface area contributed by atoms with E-state index < -0.39 is 37.0 Å². The lowest BCUT2D eigenvalue weighted by Gasteiger charge is -2.29. The van der Waals surface area contributed by atoms with Crippen LogP contribution in [0.15, 0.2) is 17.3 Å². The molecule has 12 heteroatoms. The summed E-state index contributed by atoms with van der Waals surface area (Å²) >= 11 is 5.25. The van der Waals surface area contributed by atoms with Crippen LogP contribution >= 0.6 is 24.4 Å². The number of esters is 1. The maximum Gasteiger partial charge on any atom is 0.315 e. The smallest absolute Gasteiger partial charge is 0.315 e. The molecule has 0 aliphatic rings. The molecule has 1 amide bonds. The van der Waals surface area contributed by atoms with Gasteiger partial charge in [0.05, 0.1) is 11.5 Å². The number of Topliss-reactive ketones (excluding diaryl/α,β-unsaturated/α-hetero) is 1. The monoisotopic (exact) mass is 425 g/mol. The number of aliphatic hydroxyl groups is 1. The molecule has 0 saturated carbocycles. The highest BCUT2D eigenvalue weighted by atomic mass is 32.2. The minimum atomic E-state index is -1.53. The number of amidine groups is 1. The summed E-state index contributed by atoms with van der Waals surface area (Å²) in [4.78, 5) is 37.3. The Hall–Kier alpha value is -1.63. The molecular weight excluding hydrogens is 401 g/mol. The molecule has 0 aromatic rings. The average Bonchev–Trinajstić information content (AvgIpc) is 2.62. The minimum absolute atomic E-state index is 0.0466. The molecule has 0 aromatic carbocycles. The molecule has 0 aromatic heterocycles. The number of thiol groups is 1.